The molecule has 0 saturated carbocycles. The van der Waals surface area contributed by atoms with Crippen LogP contribution in [-0.4, -0.2) is 70.7 Å². The summed E-state index contributed by atoms with van der Waals surface area (Å²) in [4.78, 5) is 9.26. The first-order chi connectivity index (χ1) is 9.63. The molecule has 20 heavy (non-hydrogen) atoms. The third-order valence-electron chi connectivity index (χ3n) is 3.99. The van der Waals surface area contributed by atoms with Crippen molar-refractivity contribution in [3.63, 3.8) is 0 Å². The third kappa shape index (κ3) is 2.62. The highest BCUT2D eigenvalue weighted by Crippen LogP contribution is 2.13. The molecule has 0 aliphatic carbocycles. The second-order valence-electron chi connectivity index (χ2n) is 5.66. The predicted molar refractivity (Wildman–Crippen MR) is 80.1 cm³/mol. The number of nitrogens with one attached hydrogen (secondary N) is 1. The number of aryl methyl sites for hydroxylation is 1. The van der Waals surface area contributed by atoms with Crippen molar-refractivity contribution < 1.29 is 0 Å². The van der Waals surface area contributed by atoms with Crippen LogP contribution in [0.15, 0.2) is 18.3 Å². The molecule has 2 aromatic rings. The molecule has 1 saturated heterocycles. The molecule has 1 atom stereocenters. The fourth-order valence-electron chi connectivity index (χ4n) is 2.71. The fourth-order valence-corrected chi connectivity index (χ4v) is 2.71. The second-order valence-corrected chi connectivity index (χ2v) is 5.66. The minimum absolute atomic E-state index is 0.521. The van der Waals surface area contributed by atoms with Crippen LogP contribution in [0.4, 0.5) is 5.82 Å². The van der Waals surface area contributed by atoms with Crippen LogP contribution in [0.2, 0.25) is 0 Å². The zero-order chi connectivity index (χ0) is 14.1. The Balaban J connectivity index is 1.74. The van der Waals surface area contributed by atoms with Crippen molar-refractivity contribution in [2.75, 3.05) is 45.6 Å². The maximum Gasteiger partial charge on any atom is 0.157 e. The zero-order valence-electron chi connectivity index (χ0n) is 12.4. The topological polar surface area (TPSA) is 48.7 Å². The summed E-state index contributed by atoms with van der Waals surface area (Å²) in [6.07, 6.45) is 1.79. The van der Waals surface area contributed by atoms with E-state index in [0.717, 1.165) is 43.3 Å². The van der Waals surface area contributed by atoms with E-state index < -0.39 is 0 Å². The van der Waals surface area contributed by atoms with Crippen LogP contribution in [0.3, 0.4) is 0 Å². The first-order valence-corrected chi connectivity index (χ1v) is 7.07. The normalized spacial score (nSPS) is 21.4. The molecule has 1 N–H and O–H groups in total. The summed E-state index contributed by atoms with van der Waals surface area (Å²) in [5.41, 5.74) is 1.90. The summed E-state index contributed by atoms with van der Waals surface area (Å²) < 4.78 is 1.86. The van der Waals surface area contributed by atoms with Gasteiger partial charge in [0.05, 0.1) is 6.20 Å². The number of aromatic nitrogens is 3. The molecular formula is C14H22N6. The van der Waals surface area contributed by atoms with Gasteiger partial charge in [-0.15, -0.1) is 0 Å². The lowest BCUT2D eigenvalue weighted by molar-refractivity contribution is 0.122. The van der Waals surface area contributed by atoms with Crippen LogP contribution >= 0.6 is 0 Å². The molecule has 1 fully saturated rings. The molecule has 2 aromatic heterocycles. The summed E-state index contributed by atoms with van der Waals surface area (Å²) in [6, 6.07) is 4.50. The van der Waals surface area contributed by atoms with Crippen molar-refractivity contribution in [1.29, 1.82) is 0 Å². The van der Waals surface area contributed by atoms with Gasteiger partial charge >= 0.3 is 0 Å². The number of hydrogen-bond donors (Lipinski definition) is 1. The fraction of sp³-hybridized carbons (Fsp3) is 0.571. The van der Waals surface area contributed by atoms with Gasteiger partial charge in [-0.1, -0.05) is 0 Å². The number of rotatable bonds is 3. The molecule has 6 nitrogen and oxygen atoms in total. The number of fused-ring (bicyclic) bond motifs is 1. The maximum absolute atomic E-state index is 4.46. The van der Waals surface area contributed by atoms with Crippen LogP contribution in [0.5, 0.6) is 0 Å². The highest BCUT2D eigenvalue weighted by Gasteiger charge is 2.22. The zero-order valence-corrected chi connectivity index (χ0v) is 12.4. The molecule has 1 aliphatic rings. The summed E-state index contributed by atoms with van der Waals surface area (Å²) in [6.45, 7) is 6.29. The average molecular weight is 274 g/mol. The number of piperazine rings is 1. The second kappa shape index (κ2) is 5.38. The van der Waals surface area contributed by atoms with Gasteiger partial charge < -0.3 is 10.2 Å². The summed E-state index contributed by atoms with van der Waals surface area (Å²) >= 11 is 0. The van der Waals surface area contributed by atoms with Crippen molar-refractivity contribution >= 4 is 11.5 Å². The van der Waals surface area contributed by atoms with E-state index in [1.54, 1.807) is 6.20 Å². The maximum atomic E-state index is 4.46. The molecule has 0 unspecified atom stereocenters. The quantitative estimate of drug-likeness (QED) is 0.892. The van der Waals surface area contributed by atoms with Gasteiger partial charge in [-0.2, -0.15) is 9.61 Å². The summed E-state index contributed by atoms with van der Waals surface area (Å²) in [7, 11) is 4.38. The molecule has 0 radical (unpaired) electrons. The minimum Gasteiger partial charge on any atom is -0.368 e. The van der Waals surface area contributed by atoms with Crippen LogP contribution in [0.25, 0.3) is 5.65 Å². The molecule has 0 bridgehead atoms. The van der Waals surface area contributed by atoms with E-state index in [0.29, 0.717) is 6.04 Å². The first-order valence-electron chi connectivity index (χ1n) is 7.07. The standard InChI is InChI=1S/C14H22N6/c1-11-8-14(20-13(17-11)4-5-16-20)15-9-12-10-18(2)6-7-19(12)3/h4-5,8,12,15H,6-7,9-10H2,1-3H3/t12-/m0/s1. The Hall–Kier alpha value is -1.66. The lowest BCUT2D eigenvalue weighted by Gasteiger charge is -2.37. The SMILES string of the molecule is Cc1cc(NC[C@H]2CN(C)CCN2C)n2nccc2n1. The predicted octanol–water partition coefficient (Wildman–Crippen LogP) is 0.695. The van der Waals surface area contributed by atoms with E-state index in [1.165, 1.54) is 0 Å². The van der Waals surface area contributed by atoms with E-state index in [2.05, 4.69) is 39.3 Å². The lowest BCUT2D eigenvalue weighted by atomic mass is 10.2. The Morgan fingerprint density at radius 3 is 3.05 bits per heavy atom. The highest BCUT2D eigenvalue weighted by atomic mass is 15.3. The van der Waals surface area contributed by atoms with Gasteiger partial charge in [0.15, 0.2) is 5.65 Å². The van der Waals surface area contributed by atoms with Crippen LogP contribution in [0.1, 0.15) is 5.69 Å². The van der Waals surface area contributed by atoms with Crippen molar-refractivity contribution in [2.24, 2.45) is 0 Å². The van der Waals surface area contributed by atoms with Crippen molar-refractivity contribution in [2.45, 2.75) is 13.0 Å². The van der Waals surface area contributed by atoms with Crippen molar-refractivity contribution in [3.8, 4) is 0 Å². The van der Waals surface area contributed by atoms with Gasteiger partial charge in [-0.25, -0.2) is 4.98 Å². The molecule has 0 spiro atoms. The Labute approximate surface area is 119 Å². The average Bonchev–Trinajstić information content (AvgIpc) is 2.87. The van der Waals surface area contributed by atoms with Gasteiger partial charge in [0.1, 0.15) is 5.82 Å². The Bertz CT molecular complexity index is 592. The van der Waals surface area contributed by atoms with Crippen LogP contribution < -0.4 is 5.32 Å². The monoisotopic (exact) mass is 274 g/mol. The van der Waals surface area contributed by atoms with Gasteiger partial charge in [-0.05, 0) is 21.0 Å². The number of anilines is 1. The molecule has 3 heterocycles. The summed E-state index contributed by atoms with van der Waals surface area (Å²) in [5, 5.41) is 7.85. The van der Waals surface area contributed by atoms with Gasteiger partial charge in [-0.3, -0.25) is 4.90 Å². The number of nitrogens with zero attached hydrogens (tertiary/aromatic N) is 5. The van der Waals surface area contributed by atoms with Crippen LogP contribution in [-0.2, 0) is 0 Å². The molecule has 3 rings (SSSR count). The van der Waals surface area contributed by atoms with E-state index in [4.69, 9.17) is 0 Å². The molecule has 1 aliphatic heterocycles. The molecule has 108 valence electrons. The summed E-state index contributed by atoms with van der Waals surface area (Å²) in [5.74, 6) is 1.01. The Morgan fingerprint density at radius 2 is 2.20 bits per heavy atom. The molecule has 0 amide bonds. The Kier molecular flexibility index (Phi) is 3.58. The van der Waals surface area contributed by atoms with Crippen molar-refractivity contribution in [3.05, 3.63) is 24.0 Å². The van der Waals surface area contributed by atoms with E-state index in [9.17, 15) is 0 Å². The molecular weight excluding hydrogens is 252 g/mol. The van der Waals surface area contributed by atoms with Gasteiger partial charge in [0, 0.05) is 50.0 Å². The van der Waals surface area contributed by atoms with Crippen molar-refractivity contribution in [1.82, 2.24) is 24.4 Å². The van der Waals surface area contributed by atoms with Crippen LogP contribution in [0, 0.1) is 6.92 Å². The number of hydrogen-bond acceptors (Lipinski definition) is 5. The first kappa shape index (κ1) is 13.3. The van der Waals surface area contributed by atoms with E-state index >= 15 is 0 Å². The van der Waals surface area contributed by atoms with Gasteiger partial charge in [0.25, 0.3) is 0 Å². The van der Waals surface area contributed by atoms with Gasteiger partial charge in [0.2, 0.25) is 0 Å². The lowest BCUT2D eigenvalue weighted by Crippen LogP contribution is -2.52. The highest BCUT2D eigenvalue weighted by molar-refractivity contribution is 5.48. The van der Waals surface area contributed by atoms with E-state index in [1.807, 2.05) is 23.6 Å². The number of likely N-dealkylation sites (N-methyl/N-ethyl adjacent to an activating group) is 2. The smallest absolute Gasteiger partial charge is 0.157 e. The molecule has 6 heteroatoms. The minimum atomic E-state index is 0.521. The molecule has 0 aromatic carbocycles. The Morgan fingerprint density at radius 1 is 1.35 bits per heavy atom. The third-order valence-corrected chi connectivity index (χ3v) is 3.99. The largest absolute Gasteiger partial charge is 0.368 e. The van der Waals surface area contributed by atoms with E-state index in [-0.39, 0.29) is 0 Å².